The SMILES string of the molecule is N#CC=CC=CC1CCC(OC(=O)C2CCC(c3ccc(C#N)c(F)c3)CC2)CC1. The summed E-state index contributed by atoms with van der Waals surface area (Å²) in [6.07, 6.45) is 14.2. The number of nitriles is 2. The molecule has 2 fully saturated rings. The molecule has 0 spiro atoms. The summed E-state index contributed by atoms with van der Waals surface area (Å²) in [5.74, 6) is 0.0804. The summed E-state index contributed by atoms with van der Waals surface area (Å²) in [6.45, 7) is 0. The average molecular weight is 407 g/mol. The normalized spacial score (nSPS) is 26.9. The van der Waals surface area contributed by atoms with Crippen LogP contribution in [0.15, 0.2) is 42.5 Å². The van der Waals surface area contributed by atoms with Crippen LogP contribution in [-0.2, 0) is 9.53 Å². The van der Waals surface area contributed by atoms with E-state index in [1.54, 1.807) is 6.08 Å². The zero-order valence-corrected chi connectivity index (χ0v) is 17.1. The van der Waals surface area contributed by atoms with Crippen LogP contribution in [0.5, 0.6) is 0 Å². The number of carbonyl (C=O) groups excluding carboxylic acids is 1. The molecule has 2 aliphatic rings. The van der Waals surface area contributed by atoms with Crippen LogP contribution >= 0.6 is 0 Å². The van der Waals surface area contributed by atoms with E-state index in [4.69, 9.17) is 15.3 Å². The Morgan fingerprint density at radius 1 is 1.03 bits per heavy atom. The second-order valence-electron chi connectivity index (χ2n) is 8.25. The minimum Gasteiger partial charge on any atom is -0.462 e. The molecule has 0 saturated heterocycles. The van der Waals surface area contributed by atoms with Crippen molar-refractivity contribution in [2.45, 2.75) is 63.4 Å². The van der Waals surface area contributed by atoms with Gasteiger partial charge in [-0.1, -0.05) is 24.3 Å². The summed E-state index contributed by atoms with van der Waals surface area (Å²) < 4.78 is 19.7. The van der Waals surface area contributed by atoms with Crippen molar-refractivity contribution >= 4 is 5.97 Å². The second-order valence-corrected chi connectivity index (χ2v) is 8.25. The molecule has 0 aliphatic heterocycles. The van der Waals surface area contributed by atoms with Crippen molar-refractivity contribution < 1.29 is 13.9 Å². The summed E-state index contributed by atoms with van der Waals surface area (Å²) in [5.41, 5.74) is 0.981. The van der Waals surface area contributed by atoms with Gasteiger partial charge in [-0.25, -0.2) is 4.39 Å². The third-order valence-electron chi connectivity index (χ3n) is 6.31. The smallest absolute Gasteiger partial charge is 0.309 e. The van der Waals surface area contributed by atoms with Gasteiger partial charge < -0.3 is 4.74 Å². The molecular formula is C25H27FN2O2. The minimum atomic E-state index is -0.469. The molecule has 1 aromatic carbocycles. The van der Waals surface area contributed by atoms with Crippen LogP contribution in [0.25, 0.3) is 0 Å². The van der Waals surface area contributed by atoms with Crippen molar-refractivity contribution in [1.82, 2.24) is 0 Å². The van der Waals surface area contributed by atoms with Gasteiger partial charge in [0.25, 0.3) is 0 Å². The van der Waals surface area contributed by atoms with E-state index in [1.165, 1.54) is 18.2 Å². The third kappa shape index (κ3) is 5.80. The molecule has 156 valence electrons. The monoisotopic (exact) mass is 406 g/mol. The molecule has 0 bridgehead atoms. The molecule has 0 amide bonds. The lowest BCUT2D eigenvalue weighted by molar-refractivity contribution is -0.157. The van der Waals surface area contributed by atoms with E-state index in [1.807, 2.05) is 24.3 Å². The number of ether oxygens (including phenoxy) is 1. The highest BCUT2D eigenvalue weighted by molar-refractivity contribution is 5.72. The van der Waals surface area contributed by atoms with Crippen LogP contribution in [0.3, 0.4) is 0 Å². The maximum absolute atomic E-state index is 13.9. The van der Waals surface area contributed by atoms with Crippen molar-refractivity contribution in [2.75, 3.05) is 0 Å². The number of hydrogen-bond acceptors (Lipinski definition) is 4. The standard InChI is InChI=1S/C25H27FN2O2/c26-24-16-21(11-12-22(24)17-28)19-7-9-20(10-8-19)25(29)30-23-13-5-18(6-14-23)4-2-1-3-15-27/h1-4,11-12,16,18-20,23H,5-10,13-14H2. The van der Waals surface area contributed by atoms with Crippen molar-refractivity contribution in [3.05, 3.63) is 59.4 Å². The Hall–Kier alpha value is -2.92. The fourth-order valence-corrected chi connectivity index (χ4v) is 4.52. The molecule has 2 aliphatic carbocycles. The van der Waals surface area contributed by atoms with Gasteiger partial charge in [0.2, 0.25) is 0 Å². The lowest BCUT2D eigenvalue weighted by Gasteiger charge is -2.31. The Morgan fingerprint density at radius 3 is 2.40 bits per heavy atom. The van der Waals surface area contributed by atoms with Crippen molar-refractivity contribution in [1.29, 1.82) is 10.5 Å². The van der Waals surface area contributed by atoms with Gasteiger partial charge in [-0.3, -0.25) is 4.79 Å². The Bertz CT molecular complexity index is 877. The molecule has 0 unspecified atom stereocenters. The predicted octanol–water partition coefficient (Wildman–Crippen LogP) is 5.71. The first-order valence-corrected chi connectivity index (χ1v) is 10.7. The van der Waals surface area contributed by atoms with Gasteiger partial charge in [0.1, 0.15) is 18.0 Å². The molecule has 3 rings (SSSR count). The molecule has 0 N–H and O–H groups in total. The Labute approximate surface area is 177 Å². The van der Waals surface area contributed by atoms with E-state index >= 15 is 0 Å². The summed E-state index contributed by atoms with van der Waals surface area (Å²) in [5, 5.41) is 17.4. The molecule has 4 nitrogen and oxygen atoms in total. The van der Waals surface area contributed by atoms with Crippen LogP contribution in [0.2, 0.25) is 0 Å². The third-order valence-corrected chi connectivity index (χ3v) is 6.31. The quantitative estimate of drug-likeness (QED) is 0.357. The van der Waals surface area contributed by atoms with Gasteiger partial charge in [-0.05, 0) is 80.9 Å². The first kappa shape index (κ1) is 21.8. The molecule has 0 aromatic heterocycles. The maximum Gasteiger partial charge on any atom is 0.309 e. The molecular weight excluding hydrogens is 379 g/mol. The first-order chi connectivity index (χ1) is 14.6. The zero-order chi connectivity index (χ0) is 21.3. The highest BCUT2D eigenvalue weighted by atomic mass is 19.1. The van der Waals surface area contributed by atoms with E-state index in [0.717, 1.165) is 56.9 Å². The molecule has 0 atom stereocenters. The Morgan fingerprint density at radius 2 is 1.77 bits per heavy atom. The lowest BCUT2D eigenvalue weighted by atomic mass is 9.78. The van der Waals surface area contributed by atoms with Crippen molar-refractivity contribution in [3.8, 4) is 12.1 Å². The van der Waals surface area contributed by atoms with Gasteiger partial charge in [0, 0.05) is 6.08 Å². The van der Waals surface area contributed by atoms with Crippen LogP contribution < -0.4 is 0 Å². The van der Waals surface area contributed by atoms with Gasteiger partial charge in [0.05, 0.1) is 17.6 Å². The number of nitrogens with zero attached hydrogens (tertiary/aromatic N) is 2. The van der Waals surface area contributed by atoms with E-state index in [0.29, 0.717) is 5.92 Å². The number of allylic oxidation sites excluding steroid dienone is 4. The topological polar surface area (TPSA) is 73.9 Å². The van der Waals surface area contributed by atoms with Crippen LogP contribution in [0.1, 0.15) is 68.4 Å². The highest BCUT2D eigenvalue weighted by Crippen LogP contribution is 2.37. The number of hydrogen-bond donors (Lipinski definition) is 0. The fraction of sp³-hybridized carbons (Fsp3) is 0.480. The van der Waals surface area contributed by atoms with E-state index in [2.05, 4.69) is 6.08 Å². The molecule has 5 heteroatoms. The first-order valence-electron chi connectivity index (χ1n) is 10.7. The predicted molar refractivity (Wildman–Crippen MR) is 112 cm³/mol. The number of halogens is 1. The second kappa shape index (κ2) is 10.7. The van der Waals surface area contributed by atoms with Crippen LogP contribution in [-0.4, -0.2) is 12.1 Å². The van der Waals surface area contributed by atoms with E-state index in [9.17, 15) is 9.18 Å². The maximum atomic E-state index is 13.9. The number of benzene rings is 1. The van der Waals surface area contributed by atoms with Gasteiger partial charge in [0.15, 0.2) is 0 Å². The van der Waals surface area contributed by atoms with Gasteiger partial charge in [-0.15, -0.1) is 0 Å². The number of esters is 1. The van der Waals surface area contributed by atoms with Crippen LogP contribution in [0, 0.1) is 40.3 Å². The molecule has 1 aromatic rings. The lowest BCUT2D eigenvalue weighted by Crippen LogP contribution is -2.29. The number of carbonyl (C=O) groups is 1. The Balaban J connectivity index is 1.42. The summed E-state index contributed by atoms with van der Waals surface area (Å²) in [4.78, 5) is 12.6. The zero-order valence-electron chi connectivity index (χ0n) is 17.1. The van der Waals surface area contributed by atoms with Crippen LogP contribution in [0.4, 0.5) is 4.39 Å². The molecule has 30 heavy (non-hydrogen) atoms. The highest BCUT2D eigenvalue weighted by Gasteiger charge is 2.31. The minimum absolute atomic E-state index is 0.00199. The van der Waals surface area contributed by atoms with Crippen molar-refractivity contribution in [3.63, 3.8) is 0 Å². The summed E-state index contributed by atoms with van der Waals surface area (Å²) in [6, 6.07) is 8.64. The number of rotatable bonds is 5. The molecule has 0 heterocycles. The van der Waals surface area contributed by atoms with E-state index < -0.39 is 5.82 Å². The summed E-state index contributed by atoms with van der Waals surface area (Å²) in [7, 11) is 0. The van der Waals surface area contributed by atoms with Gasteiger partial charge in [-0.2, -0.15) is 10.5 Å². The average Bonchev–Trinajstić information content (AvgIpc) is 2.78. The summed E-state index contributed by atoms with van der Waals surface area (Å²) >= 11 is 0. The van der Waals surface area contributed by atoms with Gasteiger partial charge >= 0.3 is 5.97 Å². The molecule has 2 saturated carbocycles. The Kier molecular flexibility index (Phi) is 7.80. The van der Waals surface area contributed by atoms with Crippen molar-refractivity contribution in [2.24, 2.45) is 11.8 Å². The largest absolute Gasteiger partial charge is 0.462 e. The van der Waals surface area contributed by atoms with E-state index in [-0.39, 0.29) is 29.5 Å². The fourth-order valence-electron chi connectivity index (χ4n) is 4.52. The molecule has 0 radical (unpaired) electrons.